The average molecular weight is 347 g/mol. The Morgan fingerprint density at radius 3 is 2.92 bits per heavy atom. The van der Waals surface area contributed by atoms with Crippen molar-refractivity contribution in [3.63, 3.8) is 0 Å². The van der Waals surface area contributed by atoms with Crippen molar-refractivity contribution in [2.75, 3.05) is 5.73 Å². The van der Waals surface area contributed by atoms with Gasteiger partial charge >= 0.3 is 5.97 Å². The number of nitrogens with two attached hydrogens (primary N) is 1. The molecule has 0 spiro atoms. The first-order valence-corrected chi connectivity index (χ1v) is 7.66. The number of nitriles is 1. The molecule has 0 radical (unpaired) electrons. The molecule has 1 aliphatic rings. The van der Waals surface area contributed by atoms with Gasteiger partial charge in [0.15, 0.2) is 5.82 Å². The average Bonchev–Trinajstić information content (AvgIpc) is 3.11. The van der Waals surface area contributed by atoms with Crippen LogP contribution < -0.4 is 5.73 Å². The molecule has 1 fully saturated rings. The highest BCUT2D eigenvalue weighted by molar-refractivity contribution is 5.66. The van der Waals surface area contributed by atoms with E-state index >= 15 is 0 Å². The zero-order valence-electron chi connectivity index (χ0n) is 13.1. The van der Waals surface area contributed by atoms with Crippen LogP contribution in [0.15, 0.2) is 18.5 Å². The molecule has 1 aliphatic heterocycles. The lowest BCUT2D eigenvalue weighted by Crippen LogP contribution is -2.40. The number of carbonyl (C=O) groups is 1. The second-order valence-electron chi connectivity index (χ2n) is 5.89. The van der Waals surface area contributed by atoms with Crippen LogP contribution in [0, 0.1) is 11.3 Å². The van der Waals surface area contributed by atoms with Crippen LogP contribution in [0.3, 0.4) is 0 Å². The minimum atomic E-state index is -1.85. The number of aliphatic hydroxyl groups is 2. The second-order valence-corrected chi connectivity index (χ2v) is 5.89. The van der Waals surface area contributed by atoms with E-state index in [1.165, 1.54) is 16.9 Å². The first kappa shape index (κ1) is 17.1. The Hall–Kier alpha value is -2.74. The molecule has 5 N–H and O–H groups in total. The minimum absolute atomic E-state index is 0.0972. The maximum Gasteiger partial charge on any atom is 0.303 e. The number of hydrogen-bond acceptors (Lipinski definition) is 8. The molecule has 0 aliphatic carbocycles. The summed E-state index contributed by atoms with van der Waals surface area (Å²) in [5.41, 5.74) is 4.58. The van der Waals surface area contributed by atoms with Crippen LogP contribution in [0.5, 0.6) is 0 Å². The fourth-order valence-electron chi connectivity index (χ4n) is 3.10. The summed E-state index contributed by atoms with van der Waals surface area (Å²) in [7, 11) is 0. The van der Waals surface area contributed by atoms with Gasteiger partial charge < -0.3 is 25.8 Å². The number of carboxylic acids is 1. The van der Waals surface area contributed by atoms with E-state index in [1.807, 2.05) is 6.07 Å². The molecular weight excluding hydrogens is 330 g/mol. The number of aliphatic hydroxyl groups excluding tert-OH is 2. The topological polar surface area (TPSA) is 167 Å². The van der Waals surface area contributed by atoms with Crippen LogP contribution in [0.2, 0.25) is 0 Å². The van der Waals surface area contributed by atoms with E-state index < -0.39 is 29.9 Å². The largest absolute Gasteiger partial charge is 0.481 e. The molecule has 1 saturated heterocycles. The van der Waals surface area contributed by atoms with Crippen molar-refractivity contribution in [1.29, 1.82) is 5.26 Å². The van der Waals surface area contributed by atoms with E-state index in [-0.39, 0.29) is 30.8 Å². The molecule has 0 aromatic carbocycles. The highest BCUT2D eigenvalue weighted by Crippen LogP contribution is 2.41. The summed E-state index contributed by atoms with van der Waals surface area (Å²) in [6.45, 7) is 0. The van der Waals surface area contributed by atoms with E-state index in [0.717, 1.165) is 0 Å². The molecule has 0 unspecified atom stereocenters. The van der Waals surface area contributed by atoms with Crippen LogP contribution in [0.4, 0.5) is 5.82 Å². The van der Waals surface area contributed by atoms with Gasteiger partial charge in [-0.05, 0) is 25.0 Å². The van der Waals surface area contributed by atoms with Gasteiger partial charge in [-0.1, -0.05) is 0 Å². The van der Waals surface area contributed by atoms with Crippen molar-refractivity contribution in [3.8, 4) is 6.07 Å². The third-order valence-electron chi connectivity index (χ3n) is 4.37. The number of rotatable bonds is 5. The van der Waals surface area contributed by atoms with Crippen LogP contribution in [0.1, 0.15) is 25.0 Å². The van der Waals surface area contributed by atoms with Gasteiger partial charge in [0.1, 0.15) is 30.1 Å². The van der Waals surface area contributed by atoms with Gasteiger partial charge in [0.05, 0.1) is 11.8 Å². The molecule has 10 nitrogen and oxygen atoms in total. The van der Waals surface area contributed by atoms with Gasteiger partial charge in [0.2, 0.25) is 5.60 Å². The molecule has 2 aromatic heterocycles. The van der Waals surface area contributed by atoms with Gasteiger partial charge in [-0.15, -0.1) is 0 Å². The highest BCUT2D eigenvalue weighted by atomic mass is 16.6. The summed E-state index contributed by atoms with van der Waals surface area (Å²) in [6.07, 6.45) is -2.19. The van der Waals surface area contributed by atoms with Crippen molar-refractivity contribution in [1.82, 2.24) is 14.6 Å². The van der Waals surface area contributed by atoms with Crippen LogP contribution in [0.25, 0.3) is 5.52 Å². The predicted molar refractivity (Wildman–Crippen MR) is 83.1 cm³/mol. The summed E-state index contributed by atoms with van der Waals surface area (Å²) in [5.74, 6) is -0.773. The summed E-state index contributed by atoms with van der Waals surface area (Å²) in [4.78, 5) is 14.5. The maximum atomic E-state index is 10.6. The van der Waals surface area contributed by atoms with Gasteiger partial charge in [-0.2, -0.15) is 10.4 Å². The number of nitrogens with zero attached hydrogens (tertiary/aromatic N) is 4. The Morgan fingerprint density at radius 2 is 2.24 bits per heavy atom. The molecule has 0 saturated carbocycles. The molecule has 3 heterocycles. The lowest BCUT2D eigenvalue weighted by Gasteiger charge is -2.24. The van der Waals surface area contributed by atoms with Gasteiger partial charge in [0, 0.05) is 6.42 Å². The Balaban J connectivity index is 1.96. The van der Waals surface area contributed by atoms with Crippen molar-refractivity contribution in [2.24, 2.45) is 0 Å². The van der Waals surface area contributed by atoms with Crippen molar-refractivity contribution < 1.29 is 24.9 Å². The normalized spacial score (nSPS) is 28.9. The third kappa shape index (κ3) is 2.68. The van der Waals surface area contributed by atoms with E-state index in [1.54, 1.807) is 6.07 Å². The number of ether oxygens (including phenoxy) is 1. The van der Waals surface area contributed by atoms with Crippen LogP contribution in [-0.4, -0.2) is 54.2 Å². The SMILES string of the molecule is N#C[C@@]1(c2ccc3c(N)ncnn23)O[C@H](CCCC(=O)O)[C@@H](O)[C@H]1O. The predicted octanol–water partition coefficient (Wildman–Crippen LogP) is -0.594. The number of fused-ring (bicyclic) bond motifs is 1. The molecule has 132 valence electrons. The Bertz CT molecular complexity index is 846. The standard InChI is InChI=1S/C15H17N5O5/c16-6-15(10-5-4-8-14(17)18-7-19-20(8)10)13(24)12(23)9(25-15)2-1-3-11(21)22/h4-5,7,9,12-13,23-24H,1-3H2,(H,21,22)(H2,17,18,19)/t9-,12-,13-,15+/m1/s1. The molecule has 25 heavy (non-hydrogen) atoms. The number of aromatic nitrogens is 3. The first-order chi connectivity index (χ1) is 11.9. The lowest BCUT2D eigenvalue weighted by molar-refractivity contribution is -0.137. The second kappa shape index (κ2) is 6.29. The van der Waals surface area contributed by atoms with Crippen molar-refractivity contribution >= 4 is 17.3 Å². The van der Waals surface area contributed by atoms with E-state index in [0.29, 0.717) is 5.52 Å². The van der Waals surface area contributed by atoms with E-state index in [9.17, 15) is 20.3 Å². The fourth-order valence-corrected chi connectivity index (χ4v) is 3.10. The summed E-state index contributed by atoms with van der Waals surface area (Å²) >= 11 is 0. The quantitative estimate of drug-likeness (QED) is 0.552. The molecular formula is C15H17N5O5. The zero-order chi connectivity index (χ0) is 18.2. The Labute approximate surface area is 142 Å². The van der Waals surface area contributed by atoms with Gasteiger partial charge in [0.25, 0.3) is 0 Å². The van der Waals surface area contributed by atoms with E-state index in [2.05, 4.69) is 10.1 Å². The minimum Gasteiger partial charge on any atom is -0.481 e. The molecule has 4 atom stereocenters. The highest BCUT2D eigenvalue weighted by Gasteiger charge is 2.57. The molecule has 10 heteroatoms. The van der Waals surface area contributed by atoms with Crippen LogP contribution >= 0.6 is 0 Å². The number of hydrogen-bond donors (Lipinski definition) is 4. The maximum absolute atomic E-state index is 10.6. The smallest absolute Gasteiger partial charge is 0.303 e. The van der Waals surface area contributed by atoms with Crippen molar-refractivity contribution in [2.45, 2.75) is 43.2 Å². The van der Waals surface area contributed by atoms with Gasteiger partial charge in [-0.25, -0.2) is 9.50 Å². The number of nitrogen functional groups attached to an aromatic ring is 1. The Kier molecular flexibility index (Phi) is 4.30. The van der Waals surface area contributed by atoms with Gasteiger partial charge in [-0.3, -0.25) is 4.79 Å². The van der Waals surface area contributed by atoms with Crippen molar-refractivity contribution in [3.05, 3.63) is 24.2 Å². The Morgan fingerprint density at radius 1 is 1.48 bits per heavy atom. The summed E-state index contributed by atoms with van der Waals surface area (Å²) in [6, 6.07) is 5.04. The number of anilines is 1. The molecule has 2 aromatic rings. The summed E-state index contributed by atoms with van der Waals surface area (Å²) < 4.78 is 7.06. The molecule has 0 bridgehead atoms. The van der Waals surface area contributed by atoms with E-state index in [4.69, 9.17) is 15.6 Å². The van der Waals surface area contributed by atoms with Crippen LogP contribution in [-0.2, 0) is 15.1 Å². The zero-order valence-corrected chi connectivity index (χ0v) is 13.1. The number of carboxylic acid groups (broad SMARTS) is 1. The fraction of sp³-hybridized carbons (Fsp3) is 0.467. The first-order valence-electron chi connectivity index (χ1n) is 7.66. The number of aliphatic carboxylic acids is 1. The third-order valence-corrected chi connectivity index (χ3v) is 4.37. The molecule has 0 amide bonds. The monoisotopic (exact) mass is 347 g/mol. The molecule has 3 rings (SSSR count). The summed E-state index contributed by atoms with van der Waals surface area (Å²) in [5, 5.41) is 43.2. The lowest BCUT2D eigenvalue weighted by atomic mass is 9.92.